The van der Waals surface area contributed by atoms with Gasteiger partial charge in [-0.3, -0.25) is 0 Å². The molecule has 2 aromatic rings. The van der Waals surface area contributed by atoms with Crippen LogP contribution in [-0.4, -0.2) is 27.8 Å². The van der Waals surface area contributed by atoms with E-state index in [0.717, 1.165) is 0 Å². The summed E-state index contributed by atoms with van der Waals surface area (Å²) in [6.45, 7) is 4.00. The number of carbonyl (C=O) groups is 1. The number of esters is 1. The highest BCUT2D eigenvalue weighted by Crippen LogP contribution is 2.22. The molecule has 0 aliphatic rings. The molecule has 0 aliphatic heterocycles. The lowest BCUT2D eigenvalue weighted by Crippen LogP contribution is -2.13. The van der Waals surface area contributed by atoms with Gasteiger partial charge in [0.05, 0.1) is 7.11 Å². The van der Waals surface area contributed by atoms with E-state index in [1.807, 2.05) is 13.8 Å². The van der Waals surface area contributed by atoms with Crippen molar-refractivity contribution in [2.45, 2.75) is 26.5 Å². The van der Waals surface area contributed by atoms with Crippen molar-refractivity contribution in [1.29, 1.82) is 0 Å². The molecule has 7 heteroatoms. The van der Waals surface area contributed by atoms with Crippen LogP contribution in [0.15, 0.2) is 24.5 Å². The Morgan fingerprint density at radius 2 is 2.19 bits per heavy atom. The summed E-state index contributed by atoms with van der Waals surface area (Å²) in [5, 5.41) is 4.08. The van der Waals surface area contributed by atoms with Crippen molar-refractivity contribution < 1.29 is 14.3 Å². The lowest BCUT2D eigenvalue weighted by atomic mass is 10.2. The molecule has 0 atom stereocenters. The smallest absolute Gasteiger partial charge is 0.342 e. The van der Waals surface area contributed by atoms with Crippen LogP contribution in [0.3, 0.4) is 0 Å². The normalized spacial score (nSPS) is 10.7. The summed E-state index contributed by atoms with van der Waals surface area (Å²) in [5.74, 6) is 0.475. The second-order valence-corrected chi connectivity index (χ2v) is 4.75. The molecule has 0 bridgehead atoms. The minimum Gasteiger partial charge on any atom is -0.496 e. The van der Waals surface area contributed by atoms with E-state index >= 15 is 0 Å². The van der Waals surface area contributed by atoms with E-state index in [9.17, 15) is 4.79 Å². The first-order valence-corrected chi connectivity index (χ1v) is 6.52. The Labute approximate surface area is 122 Å². The third-order valence-corrected chi connectivity index (χ3v) is 2.91. The molecule has 1 aromatic heterocycles. The molecule has 2 rings (SSSR count). The summed E-state index contributed by atoms with van der Waals surface area (Å²) in [6, 6.07) is 4.92. The Hall–Kier alpha value is -2.57. The molecule has 2 N–H and O–H groups in total. The number of benzene rings is 1. The van der Waals surface area contributed by atoms with Gasteiger partial charge in [-0.2, -0.15) is 5.10 Å². The lowest BCUT2D eigenvalue weighted by molar-refractivity contribution is 0.0451. The Morgan fingerprint density at radius 1 is 1.43 bits per heavy atom. The Bertz CT molecular complexity index is 637. The summed E-state index contributed by atoms with van der Waals surface area (Å²) in [7, 11) is 1.47. The van der Waals surface area contributed by atoms with Crippen molar-refractivity contribution in [2.75, 3.05) is 12.8 Å². The lowest BCUT2D eigenvalue weighted by Gasteiger charge is -2.11. The van der Waals surface area contributed by atoms with Crippen LogP contribution in [0.25, 0.3) is 0 Å². The average Bonchev–Trinajstić information content (AvgIpc) is 2.93. The average molecular weight is 290 g/mol. The fourth-order valence-corrected chi connectivity index (χ4v) is 1.89. The van der Waals surface area contributed by atoms with Gasteiger partial charge in [-0.15, -0.1) is 0 Å². The third kappa shape index (κ3) is 3.31. The van der Waals surface area contributed by atoms with Crippen LogP contribution in [0.4, 0.5) is 5.69 Å². The van der Waals surface area contributed by atoms with Gasteiger partial charge in [-0.05, 0) is 26.0 Å². The SMILES string of the molecule is COc1cc(N)ccc1C(=O)OCc1ncnn1C(C)C. The third-order valence-electron chi connectivity index (χ3n) is 2.91. The fourth-order valence-electron chi connectivity index (χ4n) is 1.89. The highest BCUT2D eigenvalue weighted by Gasteiger charge is 2.16. The predicted octanol–water partition coefficient (Wildman–Crippen LogP) is 1.81. The first-order chi connectivity index (χ1) is 10.0. The summed E-state index contributed by atoms with van der Waals surface area (Å²) in [4.78, 5) is 16.2. The van der Waals surface area contributed by atoms with Crippen LogP contribution < -0.4 is 10.5 Å². The molecule has 21 heavy (non-hydrogen) atoms. The zero-order valence-electron chi connectivity index (χ0n) is 12.2. The second-order valence-electron chi connectivity index (χ2n) is 4.75. The highest BCUT2D eigenvalue weighted by atomic mass is 16.5. The van der Waals surface area contributed by atoms with E-state index < -0.39 is 5.97 Å². The van der Waals surface area contributed by atoms with Gasteiger partial charge in [0.15, 0.2) is 12.4 Å². The molecule has 0 fully saturated rings. The van der Waals surface area contributed by atoms with E-state index in [1.54, 1.807) is 22.9 Å². The highest BCUT2D eigenvalue weighted by molar-refractivity contribution is 5.93. The molecule has 0 unspecified atom stereocenters. The van der Waals surface area contributed by atoms with Crippen molar-refractivity contribution in [2.24, 2.45) is 0 Å². The van der Waals surface area contributed by atoms with Gasteiger partial charge in [-0.25, -0.2) is 14.5 Å². The van der Waals surface area contributed by atoms with Gasteiger partial charge in [0.2, 0.25) is 0 Å². The Balaban J connectivity index is 2.10. The molecule has 0 saturated carbocycles. The van der Waals surface area contributed by atoms with Gasteiger partial charge in [0, 0.05) is 17.8 Å². The maximum absolute atomic E-state index is 12.1. The minimum absolute atomic E-state index is 0.0462. The number of hydrogen-bond donors (Lipinski definition) is 1. The zero-order valence-corrected chi connectivity index (χ0v) is 12.2. The molecule has 7 nitrogen and oxygen atoms in total. The number of anilines is 1. The van der Waals surface area contributed by atoms with Crippen LogP contribution in [-0.2, 0) is 11.3 Å². The fraction of sp³-hybridized carbons (Fsp3) is 0.357. The first kappa shape index (κ1) is 14.8. The quantitative estimate of drug-likeness (QED) is 0.667. The molecular weight excluding hydrogens is 272 g/mol. The maximum Gasteiger partial charge on any atom is 0.342 e. The van der Waals surface area contributed by atoms with Crippen molar-refractivity contribution in [3.05, 3.63) is 35.9 Å². The summed E-state index contributed by atoms with van der Waals surface area (Å²) >= 11 is 0. The molecule has 0 spiro atoms. The van der Waals surface area contributed by atoms with Crippen LogP contribution >= 0.6 is 0 Å². The number of nitrogens with two attached hydrogens (primary N) is 1. The number of nitrogens with zero attached hydrogens (tertiary/aromatic N) is 3. The molecule has 0 saturated heterocycles. The molecule has 1 aromatic carbocycles. The molecule has 112 valence electrons. The van der Waals surface area contributed by atoms with Crippen molar-refractivity contribution in [1.82, 2.24) is 14.8 Å². The zero-order chi connectivity index (χ0) is 15.4. The van der Waals surface area contributed by atoms with Gasteiger partial charge in [0.25, 0.3) is 0 Å². The topological polar surface area (TPSA) is 92.3 Å². The Morgan fingerprint density at radius 3 is 2.86 bits per heavy atom. The number of ether oxygens (including phenoxy) is 2. The van der Waals surface area contributed by atoms with E-state index in [4.69, 9.17) is 15.2 Å². The summed E-state index contributed by atoms with van der Waals surface area (Å²) < 4.78 is 12.1. The molecule has 0 aliphatic carbocycles. The number of hydrogen-bond acceptors (Lipinski definition) is 6. The molecule has 0 radical (unpaired) electrons. The number of carbonyl (C=O) groups excluding carboxylic acids is 1. The first-order valence-electron chi connectivity index (χ1n) is 6.52. The standard InChI is InChI=1S/C14H18N4O3/c1-9(2)18-13(16-8-17-18)7-21-14(19)11-5-4-10(15)6-12(11)20-3/h4-6,8-9H,7,15H2,1-3H3. The van der Waals surface area contributed by atoms with Crippen molar-refractivity contribution >= 4 is 11.7 Å². The second kappa shape index (κ2) is 6.25. The maximum atomic E-state index is 12.1. The van der Waals surface area contributed by atoms with Gasteiger partial charge < -0.3 is 15.2 Å². The van der Waals surface area contributed by atoms with Gasteiger partial charge >= 0.3 is 5.97 Å². The van der Waals surface area contributed by atoms with E-state index in [-0.39, 0.29) is 12.6 Å². The van der Waals surface area contributed by atoms with Crippen molar-refractivity contribution in [3.8, 4) is 5.75 Å². The van der Waals surface area contributed by atoms with E-state index in [1.165, 1.54) is 13.4 Å². The van der Waals surface area contributed by atoms with Gasteiger partial charge in [-0.1, -0.05) is 0 Å². The van der Waals surface area contributed by atoms with Crippen LogP contribution in [0.1, 0.15) is 36.1 Å². The molecular formula is C14H18N4O3. The number of methoxy groups -OCH3 is 1. The van der Waals surface area contributed by atoms with Crippen molar-refractivity contribution in [3.63, 3.8) is 0 Å². The monoisotopic (exact) mass is 290 g/mol. The van der Waals surface area contributed by atoms with Gasteiger partial charge in [0.1, 0.15) is 17.6 Å². The minimum atomic E-state index is -0.495. The van der Waals surface area contributed by atoms with Crippen LogP contribution in [0, 0.1) is 0 Å². The molecule has 0 amide bonds. The largest absolute Gasteiger partial charge is 0.496 e. The summed E-state index contributed by atoms with van der Waals surface area (Å²) in [5.41, 5.74) is 6.49. The summed E-state index contributed by atoms with van der Waals surface area (Å²) in [6.07, 6.45) is 1.44. The number of nitrogen functional groups attached to an aromatic ring is 1. The van der Waals surface area contributed by atoms with E-state index in [2.05, 4.69) is 10.1 Å². The van der Waals surface area contributed by atoms with Crippen LogP contribution in [0.2, 0.25) is 0 Å². The van der Waals surface area contributed by atoms with E-state index in [0.29, 0.717) is 22.8 Å². The Kier molecular flexibility index (Phi) is 4.42. The van der Waals surface area contributed by atoms with Crippen LogP contribution in [0.5, 0.6) is 5.75 Å². The number of rotatable bonds is 5. The number of aromatic nitrogens is 3. The predicted molar refractivity (Wildman–Crippen MR) is 76.9 cm³/mol. The molecule has 1 heterocycles.